The monoisotopic (exact) mass is 423 g/mol. The molecule has 0 spiro atoms. The van der Waals surface area contributed by atoms with E-state index < -0.39 is 6.67 Å². The van der Waals surface area contributed by atoms with Crippen LogP contribution in [-0.2, 0) is 32.2 Å². The Morgan fingerprint density at radius 1 is 1.33 bits per heavy atom. The summed E-state index contributed by atoms with van der Waals surface area (Å²) in [4.78, 5) is 12.1. The van der Waals surface area contributed by atoms with E-state index in [1.165, 1.54) is 6.33 Å². The van der Waals surface area contributed by atoms with Gasteiger partial charge in [-0.1, -0.05) is 32.3 Å². The first-order valence-electron chi connectivity index (χ1n) is 5.35. The van der Waals surface area contributed by atoms with Crippen LogP contribution >= 0.6 is 0 Å². The molecule has 0 unspecified atom stereocenters. The molecule has 18 heavy (non-hydrogen) atoms. The van der Waals surface area contributed by atoms with Crippen molar-refractivity contribution in [2.24, 2.45) is 0 Å². The van der Waals surface area contributed by atoms with Gasteiger partial charge in [-0.05, 0) is 18.5 Å². The largest absolute Gasteiger partial charge is 0.376 e. The number of hydrogen-bond donors (Lipinski definition) is 0. The minimum Gasteiger partial charge on any atom is -0.376 e. The van der Waals surface area contributed by atoms with E-state index in [0.717, 1.165) is 11.3 Å². The average molecular weight is 422 g/mol. The Morgan fingerprint density at radius 3 is 2.72 bits per heavy atom. The predicted octanol–water partition coefficient (Wildman–Crippen LogP) is 2.46. The topological polar surface area (TPSA) is 38.7 Å². The van der Waals surface area contributed by atoms with Crippen LogP contribution in [0.1, 0.15) is 30.8 Å². The molecule has 0 N–H and O–H groups in total. The average Bonchev–Trinajstić information content (AvgIpc) is 2.40. The molecule has 2 aromatic heterocycles. The molecule has 1 radical (unpaired) electrons. The molecule has 0 aliphatic heterocycles. The Kier molecular flexibility index (Phi) is 5.05. The molecule has 0 aromatic carbocycles. The van der Waals surface area contributed by atoms with E-state index in [0.29, 0.717) is 5.69 Å². The van der Waals surface area contributed by atoms with E-state index in [9.17, 15) is 4.39 Å². The molecule has 2 aromatic rings. The number of nitrogens with zero attached hydrogens (tertiary/aromatic N) is 3. The summed E-state index contributed by atoms with van der Waals surface area (Å²) in [5.74, 6) is 0. The SMILES string of the molecule is CC(C)(c1[c-]ncnc1)c1cccc(CF)n1.[Ir]. The van der Waals surface area contributed by atoms with E-state index in [2.05, 4.69) is 21.1 Å². The maximum Gasteiger partial charge on any atom is 0.131 e. The van der Waals surface area contributed by atoms with Crippen molar-refractivity contribution in [3.05, 3.63) is 53.9 Å². The second kappa shape index (κ2) is 6.12. The Morgan fingerprint density at radius 2 is 2.11 bits per heavy atom. The van der Waals surface area contributed by atoms with Crippen molar-refractivity contribution < 1.29 is 24.5 Å². The van der Waals surface area contributed by atoms with Gasteiger partial charge in [0.05, 0.1) is 5.69 Å². The van der Waals surface area contributed by atoms with Crippen LogP contribution in [-0.4, -0.2) is 15.0 Å². The van der Waals surface area contributed by atoms with Gasteiger partial charge >= 0.3 is 0 Å². The van der Waals surface area contributed by atoms with Crippen LogP contribution in [0.25, 0.3) is 0 Å². The van der Waals surface area contributed by atoms with Gasteiger partial charge < -0.3 is 9.97 Å². The second-order valence-electron chi connectivity index (χ2n) is 4.32. The van der Waals surface area contributed by atoms with Crippen molar-refractivity contribution in [1.82, 2.24) is 15.0 Å². The van der Waals surface area contributed by atoms with Gasteiger partial charge in [0.25, 0.3) is 0 Å². The van der Waals surface area contributed by atoms with Crippen LogP contribution in [0, 0.1) is 6.20 Å². The Bertz CT molecular complexity index is 503. The Hall–Kier alpha value is -1.19. The van der Waals surface area contributed by atoms with E-state index >= 15 is 0 Å². The summed E-state index contributed by atoms with van der Waals surface area (Å²) >= 11 is 0. The molecule has 0 saturated carbocycles. The van der Waals surface area contributed by atoms with Crippen LogP contribution in [0.3, 0.4) is 0 Å². The summed E-state index contributed by atoms with van der Waals surface area (Å²) in [6.45, 7) is 3.43. The third kappa shape index (κ3) is 2.98. The first-order chi connectivity index (χ1) is 8.14. The second-order valence-corrected chi connectivity index (χ2v) is 4.32. The summed E-state index contributed by atoms with van der Waals surface area (Å²) in [6, 6.07) is 5.35. The summed E-state index contributed by atoms with van der Waals surface area (Å²) < 4.78 is 12.6. The van der Waals surface area contributed by atoms with Crippen molar-refractivity contribution in [1.29, 1.82) is 0 Å². The van der Waals surface area contributed by atoms with Gasteiger partial charge in [0.2, 0.25) is 0 Å². The van der Waals surface area contributed by atoms with Gasteiger partial charge in [-0.2, -0.15) is 0 Å². The number of hydrogen-bond acceptors (Lipinski definition) is 3. The molecule has 0 amide bonds. The van der Waals surface area contributed by atoms with Crippen molar-refractivity contribution in [3.63, 3.8) is 0 Å². The maximum atomic E-state index is 12.6. The minimum atomic E-state index is -0.557. The molecular weight excluding hydrogens is 409 g/mol. The zero-order valence-electron chi connectivity index (χ0n) is 10.1. The first-order valence-corrected chi connectivity index (χ1v) is 5.35. The van der Waals surface area contributed by atoms with Crippen molar-refractivity contribution in [3.8, 4) is 0 Å². The molecule has 0 atom stereocenters. The van der Waals surface area contributed by atoms with Crippen LogP contribution in [0.2, 0.25) is 0 Å². The number of pyridine rings is 1. The van der Waals surface area contributed by atoms with Crippen molar-refractivity contribution >= 4 is 0 Å². The number of alkyl halides is 1. The minimum absolute atomic E-state index is 0. The Balaban J connectivity index is 0.00000162. The summed E-state index contributed by atoms with van der Waals surface area (Å²) in [6.07, 6.45) is 6.04. The van der Waals surface area contributed by atoms with Gasteiger partial charge in [-0.25, -0.2) is 4.39 Å². The van der Waals surface area contributed by atoms with Crippen molar-refractivity contribution in [2.45, 2.75) is 25.9 Å². The Labute approximate surface area is 119 Å². The molecule has 0 saturated heterocycles. The smallest absolute Gasteiger partial charge is 0.131 e. The zero-order chi connectivity index (χ0) is 12.3. The van der Waals surface area contributed by atoms with Crippen LogP contribution in [0.4, 0.5) is 4.39 Å². The number of aromatic nitrogens is 3. The normalized spacial score (nSPS) is 10.8. The molecule has 0 aliphatic rings. The molecule has 2 rings (SSSR count). The van der Waals surface area contributed by atoms with Gasteiger partial charge in [0, 0.05) is 31.2 Å². The molecule has 0 aliphatic carbocycles. The van der Waals surface area contributed by atoms with Gasteiger partial charge in [-0.15, -0.1) is 5.56 Å². The van der Waals surface area contributed by atoms with Gasteiger partial charge in [0.15, 0.2) is 0 Å². The zero-order valence-corrected chi connectivity index (χ0v) is 12.5. The number of rotatable bonds is 3. The molecule has 3 nitrogen and oxygen atoms in total. The third-order valence-electron chi connectivity index (χ3n) is 2.77. The van der Waals surface area contributed by atoms with E-state index in [1.54, 1.807) is 12.3 Å². The van der Waals surface area contributed by atoms with Gasteiger partial charge in [0.1, 0.15) is 6.67 Å². The fraction of sp³-hybridized carbons (Fsp3) is 0.308. The van der Waals surface area contributed by atoms with E-state index in [-0.39, 0.29) is 25.5 Å². The summed E-state index contributed by atoms with van der Waals surface area (Å²) in [5, 5.41) is 0. The predicted molar refractivity (Wildman–Crippen MR) is 62.0 cm³/mol. The van der Waals surface area contributed by atoms with E-state index in [4.69, 9.17) is 0 Å². The molecule has 0 bridgehead atoms. The molecular formula is C13H13FIrN3-. The molecule has 5 heteroatoms. The van der Waals surface area contributed by atoms with Crippen molar-refractivity contribution in [2.75, 3.05) is 0 Å². The maximum absolute atomic E-state index is 12.6. The summed E-state index contributed by atoms with van der Waals surface area (Å²) in [7, 11) is 0. The van der Waals surface area contributed by atoms with Crippen LogP contribution < -0.4 is 0 Å². The quantitative estimate of drug-likeness (QED) is 0.714. The standard InChI is InChI=1S/C13H13FN3.Ir/c1-13(2,10-7-15-9-16-8-10)12-5-3-4-11(6-14)17-12;/h3-5,7,9H,6H2,1-2H3;/q-1;. The van der Waals surface area contributed by atoms with Crippen LogP contribution in [0.5, 0.6) is 0 Å². The van der Waals surface area contributed by atoms with Gasteiger partial charge in [-0.3, -0.25) is 4.98 Å². The first kappa shape index (κ1) is 14.9. The fourth-order valence-corrected chi connectivity index (χ4v) is 1.61. The van der Waals surface area contributed by atoms with Crippen LogP contribution in [0.15, 0.2) is 30.7 Å². The third-order valence-corrected chi connectivity index (χ3v) is 2.77. The van der Waals surface area contributed by atoms with E-state index in [1.807, 2.05) is 26.0 Å². The molecule has 97 valence electrons. The number of halogens is 1. The fourth-order valence-electron chi connectivity index (χ4n) is 1.61. The summed E-state index contributed by atoms with van der Waals surface area (Å²) in [5.41, 5.74) is 1.68. The molecule has 0 fully saturated rings. The molecule has 2 heterocycles.